The Morgan fingerprint density at radius 2 is 1.86 bits per heavy atom. The molecule has 210 valence electrons. The SMILES string of the molecule is CC(S)(CCCCC(=O)NCCOCCOCC(=O)NC(CCC=O)C(=O)O)CC(C)(C)c1nnn[nH]1. The van der Waals surface area contributed by atoms with Crippen LogP contribution in [0.15, 0.2) is 0 Å². The average Bonchev–Trinajstić information content (AvgIpc) is 3.36. The van der Waals surface area contributed by atoms with Crippen LogP contribution in [0, 0.1) is 0 Å². The van der Waals surface area contributed by atoms with Crippen molar-refractivity contribution in [2.75, 3.05) is 33.0 Å². The summed E-state index contributed by atoms with van der Waals surface area (Å²) in [5.41, 5.74) is -0.240. The average molecular weight is 545 g/mol. The van der Waals surface area contributed by atoms with Gasteiger partial charge in [0.2, 0.25) is 11.8 Å². The van der Waals surface area contributed by atoms with E-state index in [4.69, 9.17) is 27.2 Å². The smallest absolute Gasteiger partial charge is 0.326 e. The van der Waals surface area contributed by atoms with Gasteiger partial charge in [0, 0.05) is 29.5 Å². The number of aromatic amines is 1. The summed E-state index contributed by atoms with van der Waals surface area (Å²) in [4.78, 5) is 45.1. The molecule has 1 rings (SSSR count). The number of carbonyl (C=O) groups is 4. The fourth-order valence-electron chi connectivity index (χ4n) is 3.83. The fourth-order valence-corrected chi connectivity index (χ4v) is 4.38. The number of tetrazole rings is 1. The number of hydrogen-bond acceptors (Lipinski definition) is 10. The van der Waals surface area contributed by atoms with Gasteiger partial charge < -0.3 is 30.0 Å². The number of nitrogens with zero attached hydrogens (tertiary/aromatic N) is 3. The number of H-pyrrole nitrogens is 1. The topological polar surface area (TPSA) is 185 Å². The van der Waals surface area contributed by atoms with Gasteiger partial charge in [-0.05, 0) is 36.1 Å². The van der Waals surface area contributed by atoms with Crippen LogP contribution in [0.1, 0.15) is 71.5 Å². The number of rotatable bonds is 21. The number of amides is 2. The number of carboxylic acid groups (broad SMARTS) is 1. The number of hydrogen-bond donors (Lipinski definition) is 5. The highest BCUT2D eigenvalue weighted by atomic mass is 32.1. The molecular formula is C23H40N6O7S. The van der Waals surface area contributed by atoms with E-state index in [2.05, 4.69) is 52.0 Å². The van der Waals surface area contributed by atoms with E-state index >= 15 is 0 Å². The molecule has 0 aliphatic rings. The van der Waals surface area contributed by atoms with Crippen molar-refractivity contribution < 1.29 is 33.8 Å². The lowest BCUT2D eigenvalue weighted by atomic mass is 9.80. The molecule has 2 amide bonds. The summed E-state index contributed by atoms with van der Waals surface area (Å²) in [6, 6.07) is -1.13. The van der Waals surface area contributed by atoms with E-state index < -0.39 is 17.9 Å². The molecule has 37 heavy (non-hydrogen) atoms. The highest BCUT2D eigenvalue weighted by molar-refractivity contribution is 7.81. The maximum Gasteiger partial charge on any atom is 0.326 e. The maximum atomic E-state index is 12.0. The predicted octanol–water partition coefficient (Wildman–Crippen LogP) is 0.814. The number of aromatic nitrogens is 4. The quantitative estimate of drug-likeness (QED) is 0.0842. The first-order valence-corrected chi connectivity index (χ1v) is 12.8. The van der Waals surface area contributed by atoms with Crippen LogP contribution in [0.2, 0.25) is 0 Å². The number of nitrogens with one attached hydrogen (secondary N) is 3. The van der Waals surface area contributed by atoms with Gasteiger partial charge in [0.05, 0.1) is 19.8 Å². The Bertz CT molecular complexity index is 836. The van der Waals surface area contributed by atoms with E-state index in [1.54, 1.807) is 0 Å². The van der Waals surface area contributed by atoms with Crippen molar-refractivity contribution in [2.24, 2.45) is 0 Å². The molecule has 0 saturated carbocycles. The molecule has 1 heterocycles. The second-order valence-electron chi connectivity index (χ2n) is 9.73. The second-order valence-corrected chi connectivity index (χ2v) is 10.8. The number of ether oxygens (including phenoxy) is 2. The minimum atomic E-state index is -1.21. The van der Waals surface area contributed by atoms with Gasteiger partial charge in [-0.3, -0.25) is 9.59 Å². The molecule has 0 saturated heterocycles. The molecule has 2 unspecified atom stereocenters. The molecular weight excluding hydrogens is 504 g/mol. The standard InChI is InChI=1S/C23H40N6O7S/c1-22(2,21-26-28-29-27-21)16-23(3,37)9-5-4-8-18(31)24-10-12-35-13-14-36-15-19(32)25-17(20(33)34)7-6-11-30/h11,17,37H,4-10,12-16H2,1-3H3,(H,24,31)(H,25,32)(H,33,34)(H,26,27,28,29). The van der Waals surface area contributed by atoms with Gasteiger partial charge in [-0.1, -0.05) is 27.2 Å². The van der Waals surface area contributed by atoms with Gasteiger partial charge in [-0.25, -0.2) is 9.89 Å². The number of carbonyl (C=O) groups excluding carboxylic acids is 3. The Labute approximate surface area is 222 Å². The van der Waals surface area contributed by atoms with Crippen LogP contribution in [0.5, 0.6) is 0 Å². The monoisotopic (exact) mass is 544 g/mol. The van der Waals surface area contributed by atoms with Crippen LogP contribution in [0.4, 0.5) is 0 Å². The Morgan fingerprint density at radius 3 is 2.51 bits per heavy atom. The molecule has 4 N–H and O–H groups in total. The zero-order valence-electron chi connectivity index (χ0n) is 21.8. The van der Waals surface area contributed by atoms with Crippen molar-refractivity contribution in [3.63, 3.8) is 0 Å². The summed E-state index contributed by atoms with van der Waals surface area (Å²) in [5.74, 6) is -1.11. The summed E-state index contributed by atoms with van der Waals surface area (Å²) in [7, 11) is 0. The molecule has 0 aliphatic carbocycles. The molecule has 13 nitrogen and oxygen atoms in total. The number of aldehydes is 1. The second kappa shape index (κ2) is 17.0. The predicted molar refractivity (Wildman–Crippen MR) is 137 cm³/mol. The molecule has 0 aliphatic heterocycles. The first-order valence-electron chi connectivity index (χ1n) is 12.3. The molecule has 0 bridgehead atoms. The molecule has 1 aromatic heterocycles. The largest absolute Gasteiger partial charge is 0.480 e. The third-order valence-corrected chi connectivity index (χ3v) is 5.94. The first kappa shape index (κ1) is 32.4. The van der Waals surface area contributed by atoms with Gasteiger partial charge >= 0.3 is 5.97 Å². The fraction of sp³-hybridized carbons (Fsp3) is 0.783. The van der Waals surface area contributed by atoms with Gasteiger partial charge in [-0.2, -0.15) is 12.6 Å². The lowest BCUT2D eigenvalue weighted by molar-refractivity contribution is -0.142. The van der Waals surface area contributed by atoms with Crippen molar-refractivity contribution in [2.45, 2.75) is 81.9 Å². The molecule has 1 aromatic rings. The van der Waals surface area contributed by atoms with Crippen molar-refractivity contribution in [3.05, 3.63) is 5.82 Å². The lowest BCUT2D eigenvalue weighted by Crippen LogP contribution is -2.42. The van der Waals surface area contributed by atoms with Crippen LogP contribution in [0.3, 0.4) is 0 Å². The van der Waals surface area contributed by atoms with Crippen molar-refractivity contribution in [3.8, 4) is 0 Å². The molecule has 0 radical (unpaired) electrons. The lowest BCUT2D eigenvalue weighted by Gasteiger charge is -2.32. The maximum absolute atomic E-state index is 12.0. The first-order chi connectivity index (χ1) is 17.5. The molecule has 2 atom stereocenters. The van der Waals surface area contributed by atoms with E-state index in [0.717, 1.165) is 31.5 Å². The Hall–Kier alpha value is -2.58. The molecule has 0 spiro atoms. The number of thiol groups is 1. The minimum Gasteiger partial charge on any atom is -0.480 e. The van der Waals surface area contributed by atoms with Gasteiger partial charge in [0.15, 0.2) is 5.82 Å². The van der Waals surface area contributed by atoms with E-state index in [1.807, 2.05) is 0 Å². The third kappa shape index (κ3) is 14.7. The number of carboxylic acids is 1. The Kier molecular flexibility index (Phi) is 14.9. The van der Waals surface area contributed by atoms with Crippen LogP contribution in [-0.2, 0) is 34.1 Å². The van der Waals surface area contributed by atoms with Crippen molar-refractivity contribution >= 4 is 36.7 Å². The van der Waals surface area contributed by atoms with E-state index in [1.165, 1.54) is 0 Å². The summed E-state index contributed by atoms with van der Waals surface area (Å²) < 4.78 is 10.3. The van der Waals surface area contributed by atoms with Crippen LogP contribution in [0.25, 0.3) is 0 Å². The zero-order chi connectivity index (χ0) is 27.7. The number of aliphatic carboxylic acids is 1. The van der Waals surface area contributed by atoms with Gasteiger partial charge in [-0.15, -0.1) is 5.10 Å². The third-order valence-electron chi connectivity index (χ3n) is 5.56. The van der Waals surface area contributed by atoms with Crippen LogP contribution < -0.4 is 10.6 Å². The van der Waals surface area contributed by atoms with E-state index in [9.17, 15) is 19.2 Å². The summed E-state index contributed by atoms with van der Waals surface area (Å²) in [6.07, 6.45) is 4.33. The highest BCUT2D eigenvalue weighted by Gasteiger charge is 2.33. The normalized spacial score (nSPS) is 13.9. The summed E-state index contributed by atoms with van der Waals surface area (Å²) in [6.45, 7) is 6.92. The highest BCUT2D eigenvalue weighted by Crippen LogP contribution is 2.36. The Balaban J connectivity index is 2.05. The van der Waals surface area contributed by atoms with Crippen molar-refractivity contribution in [1.82, 2.24) is 31.3 Å². The van der Waals surface area contributed by atoms with E-state index in [0.29, 0.717) is 25.9 Å². The summed E-state index contributed by atoms with van der Waals surface area (Å²) in [5, 5.41) is 28.2. The van der Waals surface area contributed by atoms with Crippen LogP contribution >= 0.6 is 12.6 Å². The summed E-state index contributed by atoms with van der Waals surface area (Å²) >= 11 is 4.82. The molecule has 14 heteroatoms. The number of unbranched alkanes of at least 4 members (excludes halogenated alkanes) is 1. The van der Waals surface area contributed by atoms with Crippen LogP contribution in [-0.4, -0.2) is 93.6 Å². The van der Waals surface area contributed by atoms with Gasteiger partial charge in [0.25, 0.3) is 0 Å². The Morgan fingerprint density at radius 1 is 1.14 bits per heavy atom. The molecule has 0 fully saturated rings. The molecule has 0 aromatic carbocycles. The van der Waals surface area contributed by atoms with E-state index in [-0.39, 0.29) is 48.7 Å². The van der Waals surface area contributed by atoms with Crippen molar-refractivity contribution in [1.29, 1.82) is 0 Å². The van der Waals surface area contributed by atoms with Gasteiger partial charge in [0.1, 0.15) is 18.9 Å². The minimum absolute atomic E-state index is 0.0228. The zero-order valence-corrected chi connectivity index (χ0v) is 22.7.